The Morgan fingerprint density at radius 1 is 1.14 bits per heavy atom. The van der Waals surface area contributed by atoms with Gasteiger partial charge in [0.15, 0.2) is 0 Å². The minimum absolute atomic E-state index is 0.0210. The number of likely N-dealkylation sites (N-methyl/N-ethyl adjacent to an activating group) is 1. The molecule has 1 saturated heterocycles. The van der Waals surface area contributed by atoms with Crippen LogP contribution in [-0.4, -0.2) is 76.8 Å². The first-order valence-corrected chi connectivity index (χ1v) is 9.58. The smallest absolute Gasteiger partial charge is 0.246 e. The number of carbonyl (C=O) groups excluding carboxylic acids is 3. The molecule has 1 aromatic heterocycles. The van der Waals surface area contributed by atoms with E-state index in [2.05, 4.69) is 22.9 Å². The Morgan fingerprint density at radius 2 is 1.86 bits per heavy atom. The number of piperazine rings is 1. The number of aryl methyl sites for hydroxylation is 2. The number of nitrogens with zero attached hydrogens (tertiary/aromatic N) is 4. The Morgan fingerprint density at radius 3 is 2.54 bits per heavy atom. The minimum atomic E-state index is -0.609. The van der Waals surface area contributed by atoms with Crippen LogP contribution in [0.1, 0.15) is 18.9 Å². The van der Waals surface area contributed by atoms with Crippen molar-refractivity contribution in [3.8, 4) is 0 Å². The van der Waals surface area contributed by atoms with Crippen LogP contribution in [0.15, 0.2) is 30.5 Å². The lowest BCUT2D eigenvalue weighted by Crippen LogP contribution is -2.61. The zero-order chi connectivity index (χ0) is 20.4. The van der Waals surface area contributed by atoms with E-state index in [1.54, 1.807) is 23.9 Å². The standard InChI is InChI=1S/C21H28N4O3/c1-15(26)25-12-11-24(14-19(25)21(28)22(2)3)20(27)10-9-16-13-23(4)18-8-6-5-7-17(16)18/h5-8,13,19H,9-12,14H2,1-4H3. The lowest BCUT2D eigenvalue weighted by molar-refractivity contribution is -0.150. The highest BCUT2D eigenvalue weighted by Gasteiger charge is 2.36. The zero-order valence-corrected chi connectivity index (χ0v) is 17.0. The summed E-state index contributed by atoms with van der Waals surface area (Å²) in [7, 11) is 5.34. The van der Waals surface area contributed by atoms with E-state index in [-0.39, 0.29) is 24.3 Å². The Labute approximate surface area is 165 Å². The maximum Gasteiger partial charge on any atom is 0.246 e. The van der Waals surface area contributed by atoms with Gasteiger partial charge in [0, 0.05) is 64.7 Å². The average Bonchev–Trinajstić information content (AvgIpc) is 3.01. The van der Waals surface area contributed by atoms with E-state index in [4.69, 9.17) is 0 Å². The molecule has 150 valence electrons. The topological polar surface area (TPSA) is 65.9 Å². The molecule has 0 radical (unpaired) electrons. The molecule has 1 aliphatic rings. The highest BCUT2D eigenvalue weighted by Crippen LogP contribution is 2.22. The van der Waals surface area contributed by atoms with Gasteiger partial charge in [-0.15, -0.1) is 0 Å². The van der Waals surface area contributed by atoms with Crippen LogP contribution in [-0.2, 0) is 27.9 Å². The van der Waals surface area contributed by atoms with E-state index >= 15 is 0 Å². The second-order valence-corrected chi connectivity index (χ2v) is 7.58. The van der Waals surface area contributed by atoms with Crippen LogP contribution in [0.3, 0.4) is 0 Å². The van der Waals surface area contributed by atoms with Gasteiger partial charge >= 0.3 is 0 Å². The molecule has 1 aromatic carbocycles. The summed E-state index contributed by atoms with van der Waals surface area (Å²) in [6.07, 6.45) is 3.11. The predicted molar refractivity (Wildman–Crippen MR) is 108 cm³/mol. The summed E-state index contributed by atoms with van der Waals surface area (Å²) < 4.78 is 2.08. The number of hydrogen-bond acceptors (Lipinski definition) is 3. The van der Waals surface area contributed by atoms with Gasteiger partial charge in [0.25, 0.3) is 0 Å². The fourth-order valence-electron chi connectivity index (χ4n) is 3.92. The summed E-state index contributed by atoms with van der Waals surface area (Å²) in [6.45, 7) is 2.57. The van der Waals surface area contributed by atoms with Crippen molar-refractivity contribution in [2.45, 2.75) is 25.8 Å². The van der Waals surface area contributed by atoms with Gasteiger partial charge in [0.1, 0.15) is 6.04 Å². The minimum Gasteiger partial charge on any atom is -0.350 e. The molecular weight excluding hydrogens is 356 g/mol. The summed E-state index contributed by atoms with van der Waals surface area (Å²) in [5, 5.41) is 1.17. The molecule has 2 heterocycles. The number of aromatic nitrogens is 1. The normalized spacial score (nSPS) is 17.1. The SMILES string of the molecule is CC(=O)N1CCN(C(=O)CCc2cn(C)c3ccccc23)CC1C(=O)N(C)C. The van der Waals surface area contributed by atoms with Crippen LogP contribution in [0.2, 0.25) is 0 Å². The molecule has 2 aromatic rings. The monoisotopic (exact) mass is 384 g/mol. The van der Waals surface area contributed by atoms with Crippen molar-refractivity contribution in [2.75, 3.05) is 33.7 Å². The molecule has 7 nitrogen and oxygen atoms in total. The van der Waals surface area contributed by atoms with Crippen LogP contribution in [0.5, 0.6) is 0 Å². The van der Waals surface area contributed by atoms with Gasteiger partial charge in [-0.1, -0.05) is 18.2 Å². The first-order chi connectivity index (χ1) is 13.3. The van der Waals surface area contributed by atoms with Gasteiger partial charge in [-0.05, 0) is 18.1 Å². The molecule has 0 N–H and O–H groups in total. The highest BCUT2D eigenvalue weighted by molar-refractivity contribution is 5.88. The van der Waals surface area contributed by atoms with Gasteiger partial charge < -0.3 is 19.3 Å². The van der Waals surface area contributed by atoms with E-state index < -0.39 is 6.04 Å². The number of benzene rings is 1. The third-order valence-electron chi connectivity index (χ3n) is 5.45. The average molecular weight is 384 g/mol. The van der Waals surface area contributed by atoms with Crippen LogP contribution in [0, 0.1) is 0 Å². The lowest BCUT2D eigenvalue weighted by Gasteiger charge is -2.41. The zero-order valence-electron chi connectivity index (χ0n) is 17.0. The van der Waals surface area contributed by atoms with E-state index in [0.29, 0.717) is 25.9 Å². The number of amides is 3. The van der Waals surface area contributed by atoms with Crippen molar-refractivity contribution >= 4 is 28.6 Å². The molecule has 0 bridgehead atoms. The molecule has 0 aliphatic carbocycles. The van der Waals surface area contributed by atoms with Crippen molar-refractivity contribution in [3.05, 3.63) is 36.0 Å². The molecule has 3 rings (SSSR count). The maximum atomic E-state index is 12.8. The molecular formula is C21H28N4O3. The fraction of sp³-hybridized carbons (Fsp3) is 0.476. The molecule has 7 heteroatoms. The van der Waals surface area contributed by atoms with E-state index in [1.807, 2.05) is 19.2 Å². The summed E-state index contributed by atoms with van der Waals surface area (Å²) in [5.74, 6) is -0.266. The van der Waals surface area contributed by atoms with Crippen molar-refractivity contribution in [3.63, 3.8) is 0 Å². The number of rotatable bonds is 4. The second kappa shape index (κ2) is 8.04. The molecule has 28 heavy (non-hydrogen) atoms. The highest BCUT2D eigenvalue weighted by atomic mass is 16.2. The van der Waals surface area contributed by atoms with Gasteiger partial charge in [-0.25, -0.2) is 0 Å². The summed E-state index contributed by atoms with van der Waals surface area (Å²) >= 11 is 0. The number of fused-ring (bicyclic) bond motifs is 1. The van der Waals surface area contributed by atoms with Crippen molar-refractivity contribution in [1.29, 1.82) is 0 Å². The number of carbonyl (C=O) groups is 3. The first-order valence-electron chi connectivity index (χ1n) is 9.58. The van der Waals surface area contributed by atoms with Gasteiger partial charge in [-0.3, -0.25) is 14.4 Å². The van der Waals surface area contributed by atoms with Gasteiger partial charge in [0.2, 0.25) is 17.7 Å². The molecule has 0 spiro atoms. The Kier molecular flexibility index (Phi) is 5.72. The Balaban J connectivity index is 1.68. The van der Waals surface area contributed by atoms with Crippen molar-refractivity contribution < 1.29 is 14.4 Å². The first kappa shape index (κ1) is 19.9. The summed E-state index contributed by atoms with van der Waals surface area (Å²) in [4.78, 5) is 42.0. The third-order valence-corrected chi connectivity index (χ3v) is 5.45. The number of hydrogen-bond donors (Lipinski definition) is 0. The van der Waals surface area contributed by atoms with Crippen molar-refractivity contribution in [1.82, 2.24) is 19.3 Å². The molecule has 1 aliphatic heterocycles. The predicted octanol–water partition coefficient (Wildman–Crippen LogP) is 1.26. The Hall–Kier alpha value is -2.83. The lowest BCUT2D eigenvalue weighted by atomic mass is 10.1. The van der Waals surface area contributed by atoms with Crippen LogP contribution >= 0.6 is 0 Å². The summed E-state index contributed by atoms with van der Waals surface area (Å²) in [6, 6.07) is 7.55. The molecule has 1 fully saturated rings. The van der Waals surface area contributed by atoms with Crippen LogP contribution < -0.4 is 0 Å². The van der Waals surface area contributed by atoms with Crippen molar-refractivity contribution in [2.24, 2.45) is 7.05 Å². The fourth-order valence-corrected chi connectivity index (χ4v) is 3.92. The van der Waals surface area contributed by atoms with Gasteiger partial charge in [-0.2, -0.15) is 0 Å². The Bertz CT molecular complexity index is 902. The molecule has 1 atom stereocenters. The maximum absolute atomic E-state index is 12.8. The van der Waals surface area contributed by atoms with E-state index in [1.165, 1.54) is 17.2 Å². The molecule has 3 amide bonds. The summed E-state index contributed by atoms with van der Waals surface area (Å²) in [5.41, 5.74) is 2.30. The van der Waals surface area contributed by atoms with Crippen LogP contribution in [0.25, 0.3) is 10.9 Å². The quantitative estimate of drug-likeness (QED) is 0.797. The van der Waals surface area contributed by atoms with Gasteiger partial charge in [0.05, 0.1) is 6.54 Å². The largest absolute Gasteiger partial charge is 0.350 e. The molecule has 1 unspecified atom stereocenters. The van der Waals surface area contributed by atoms with E-state index in [0.717, 1.165) is 11.1 Å². The van der Waals surface area contributed by atoms with Crippen LogP contribution in [0.4, 0.5) is 0 Å². The molecule has 0 saturated carbocycles. The van der Waals surface area contributed by atoms with E-state index in [9.17, 15) is 14.4 Å². The number of para-hydroxylation sites is 1. The second-order valence-electron chi connectivity index (χ2n) is 7.58. The third kappa shape index (κ3) is 3.88.